The van der Waals surface area contributed by atoms with Gasteiger partial charge in [-0.25, -0.2) is 0 Å². The molecule has 3 N–H and O–H groups in total. The molecule has 0 aromatic heterocycles. The zero-order valence-electron chi connectivity index (χ0n) is 20.9. The zero-order chi connectivity index (χ0) is 25.3. The van der Waals surface area contributed by atoms with Crippen molar-refractivity contribution < 1.29 is 19.2 Å². The van der Waals surface area contributed by atoms with Gasteiger partial charge in [0.1, 0.15) is 12.3 Å². The number of hydrogen-bond donors (Lipinski definition) is 3. The summed E-state index contributed by atoms with van der Waals surface area (Å²) in [6.07, 6.45) is 9.62. The number of allylic oxidation sites excluding steroid dienone is 2. The van der Waals surface area contributed by atoms with Gasteiger partial charge >= 0.3 is 0 Å². The van der Waals surface area contributed by atoms with Crippen LogP contribution >= 0.6 is 0 Å². The van der Waals surface area contributed by atoms with Crippen molar-refractivity contribution in [3.05, 3.63) is 48.0 Å². The summed E-state index contributed by atoms with van der Waals surface area (Å²) in [5.41, 5.74) is 0.399. The summed E-state index contributed by atoms with van der Waals surface area (Å²) < 4.78 is 0. The average molecular weight is 482 g/mol. The second-order valence-corrected chi connectivity index (χ2v) is 10.4. The maximum absolute atomic E-state index is 13.2. The molecule has 2 aliphatic rings. The van der Waals surface area contributed by atoms with Crippen LogP contribution in [0.5, 0.6) is 0 Å². The van der Waals surface area contributed by atoms with E-state index in [9.17, 15) is 19.2 Å². The van der Waals surface area contributed by atoms with Gasteiger partial charge in [0.15, 0.2) is 0 Å². The highest BCUT2D eigenvalue weighted by atomic mass is 16.2. The first-order valence-electron chi connectivity index (χ1n) is 12.9. The number of carbonyl (C=O) groups is 4. The average Bonchev–Trinajstić information content (AvgIpc) is 3.18. The molecule has 35 heavy (non-hydrogen) atoms. The smallest absolute Gasteiger partial charge is 0.243 e. The van der Waals surface area contributed by atoms with E-state index >= 15 is 0 Å². The number of rotatable bonds is 4. The van der Waals surface area contributed by atoms with Crippen molar-refractivity contribution in [2.24, 2.45) is 11.3 Å². The molecule has 1 aromatic rings. The van der Waals surface area contributed by atoms with Crippen molar-refractivity contribution in [3.8, 4) is 0 Å². The molecule has 0 aliphatic carbocycles. The van der Waals surface area contributed by atoms with E-state index in [4.69, 9.17) is 0 Å². The molecular formula is C28H39N3O4. The molecule has 0 bridgehead atoms. The normalized spacial score (nSPS) is 29.9. The Balaban J connectivity index is 1.87. The van der Waals surface area contributed by atoms with Gasteiger partial charge in [0.25, 0.3) is 0 Å². The second kappa shape index (κ2) is 12.7. The minimum atomic E-state index is -0.795. The van der Waals surface area contributed by atoms with Gasteiger partial charge < -0.3 is 20.7 Å². The Morgan fingerprint density at radius 1 is 1.09 bits per heavy atom. The highest BCUT2D eigenvalue weighted by Crippen LogP contribution is 2.36. The molecule has 1 saturated heterocycles. The van der Waals surface area contributed by atoms with Crippen molar-refractivity contribution >= 4 is 24.0 Å². The molecule has 2 unspecified atom stereocenters. The Kier molecular flexibility index (Phi) is 9.64. The third kappa shape index (κ3) is 7.51. The van der Waals surface area contributed by atoms with E-state index in [0.717, 1.165) is 24.8 Å². The van der Waals surface area contributed by atoms with Crippen LogP contribution in [0.1, 0.15) is 76.7 Å². The lowest BCUT2D eigenvalue weighted by Gasteiger charge is -2.29. The van der Waals surface area contributed by atoms with Gasteiger partial charge in [-0.1, -0.05) is 56.3 Å². The summed E-state index contributed by atoms with van der Waals surface area (Å²) in [6.45, 7) is 4.55. The minimum Gasteiger partial charge on any atom is -0.356 e. The monoisotopic (exact) mass is 481 g/mol. The van der Waals surface area contributed by atoms with Crippen LogP contribution in [0.3, 0.4) is 0 Å². The summed E-state index contributed by atoms with van der Waals surface area (Å²) in [5, 5.41) is 8.64. The molecule has 0 radical (unpaired) electrons. The predicted octanol–water partition coefficient (Wildman–Crippen LogP) is 3.40. The van der Waals surface area contributed by atoms with Gasteiger partial charge in [0, 0.05) is 13.0 Å². The van der Waals surface area contributed by atoms with Crippen LogP contribution < -0.4 is 16.0 Å². The molecule has 7 nitrogen and oxygen atoms in total. The molecule has 4 atom stereocenters. The fourth-order valence-corrected chi connectivity index (χ4v) is 5.23. The van der Waals surface area contributed by atoms with E-state index in [1.54, 1.807) is 0 Å². The fraction of sp³-hybridized carbons (Fsp3) is 0.571. The van der Waals surface area contributed by atoms with Gasteiger partial charge in [-0.3, -0.25) is 14.4 Å². The van der Waals surface area contributed by atoms with Crippen molar-refractivity contribution in [1.82, 2.24) is 16.0 Å². The van der Waals surface area contributed by atoms with Gasteiger partial charge in [0.05, 0.1) is 11.5 Å². The molecule has 2 heterocycles. The highest BCUT2D eigenvalue weighted by Gasteiger charge is 2.43. The molecule has 1 fully saturated rings. The zero-order valence-corrected chi connectivity index (χ0v) is 20.9. The number of aldehydes is 1. The van der Waals surface area contributed by atoms with E-state index in [2.05, 4.69) is 22.0 Å². The molecule has 190 valence electrons. The summed E-state index contributed by atoms with van der Waals surface area (Å²) in [6, 6.07) is 8.48. The number of benzene rings is 1. The van der Waals surface area contributed by atoms with E-state index in [-0.39, 0.29) is 36.0 Å². The van der Waals surface area contributed by atoms with E-state index in [0.29, 0.717) is 38.5 Å². The van der Waals surface area contributed by atoms with E-state index < -0.39 is 17.5 Å². The molecule has 1 aromatic carbocycles. The maximum Gasteiger partial charge on any atom is 0.243 e. The molecule has 0 saturated carbocycles. The standard InChI is InChI=1S/C28H39N3O4/c1-20(2)16-24-26(34)30-23(19-32)18-28(14-15-29-27(28)35)13-9-4-3-6-12-22(17-25(33)31-24)21-10-7-5-8-11-21/h4-5,7-11,19-20,22-24H,3,6,12-18H2,1-2H3,(H,29,35)(H,30,34)(H,31,33)/b9-4+/t22?,23-,24-,28?/m0/s1. The first-order valence-corrected chi connectivity index (χ1v) is 12.9. The van der Waals surface area contributed by atoms with Crippen LogP contribution in [0, 0.1) is 11.3 Å². The van der Waals surface area contributed by atoms with Gasteiger partial charge in [-0.15, -0.1) is 0 Å². The molecule has 1 spiro atoms. The summed E-state index contributed by atoms with van der Waals surface area (Å²) in [5.74, 6) is -0.392. The Hall–Kier alpha value is -2.96. The molecular weight excluding hydrogens is 442 g/mol. The topological polar surface area (TPSA) is 104 Å². The first-order chi connectivity index (χ1) is 16.8. The Morgan fingerprint density at radius 3 is 2.51 bits per heavy atom. The second-order valence-electron chi connectivity index (χ2n) is 10.4. The lowest BCUT2D eigenvalue weighted by atomic mass is 9.77. The third-order valence-electron chi connectivity index (χ3n) is 7.13. The van der Waals surface area contributed by atoms with Gasteiger partial charge in [0.2, 0.25) is 17.7 Å². The van der Waals surface area contributed by atoms with Crippen LogP contribution in [0.2, 0.25) is 0 Å². The predicted molar refractivity (Wildman–Crippen MR) is 135 cm³/mol. The number of hydrogen-bond acceptors (Lipinski definition) is 4. The number of carbonyl (C=O) groups excluding carboxylic acids is 4. The van der Waals surface area contributed by atoms with Crippen LogP contribution in [-0.2, 0) is 19.2 Å². The lowest BCUT2D eigenvalue weighted by Crippen LogP contribution is -2.52. The maximum atomic E-state index is 13.2. The highest BCUT2D eigenvalue weighted by molar-refractivity contribution is 5.90. The fourth-order valence-electron chi connectivity index (χ4n) is 5.23. The summed E-state index contributed by atoms with van der Waals surface area (Å²) in [7, 11) is 0. The molecule has 3 rings (SSSR count). The van der Waals surface area contributed by atoms with Gasteiger partial charge in [-0.2, -0.15) is 0 Å². The summed E-state index contributed by atoms with van der Waals surface area (Å²) >= 11 is 0. The quantitative estimate of drug-likeness (QED) is 0.453. The van der Waals surface area contributed by atoms with Crippen molar-refractivity contribution in [1.29, 1.82) is 0 Å². The Bertz CT molecular complexity index is 914. The molecule has 2 aliphatic heterocycles. The van der Waals surface area contributed by atoms with Crippen LogP contribution in [0.4, 0.5) is 0 Å². The third-order valence-corrected chi connectivity index (χ3v) is 7.13. The number of amides is 3. The van der Waals surface area contributed by atoms with Crippen molar-refractivity contribution in [2.75, 3.05) is 6.54 Å². The first kappa shape index (κ1) is 26.6. The minimum absolute atomic E-state index is 0.0509. The lowest BCUT2D eigenvalue weighted by molar-refractivity contribution is -0.132. The molecule has 3 amide bonds. The van der Waals surface area contributed by atoms with Gasteiger partial charge in [-0.05, 0) is 62.3 Å². The van der Waals surface area contributed by atoms with E-state index in [1.807, 2.05) is 50.3 Å². The summed E-state index contributed by atoms with van der Waals surface area (Å²) in [4.78, 5) is 51.0. The van der Waals surface area contributed by atoms with Crippen LogP contribution in [0.15, 0.2) is 42.5 Å². The number of nitrogens with one attached hydrogen (secondary N) is 3. The molecule has 7 heteroatoms. The Morgan fingerprint density at radius 2 is 1.86 bits per heavy atom. The van der Waals surface area contributed by atoms with Crippen molar-refractivity contribution in [3.63, 3.8) is 0 Å². The van der Waals surface area contributed by atoms with Crippen LogP contribution in [0.25, 0.3) is 0 Å². The van der Waals surface area contributed by atoms with E-state index in [1.165, 1.54) is 0 Å². The van der Waals surface area contributed by atoms with Crippen LogP contribution in [-0.4, -0.2) is 42.6 Å². The SMILES string of the molecule is CC(C)C[C@@H]1NC(=O)CC(c2ccccc2)CCC/C=C/CC2(CCNC2=O)C[C@@H](C=O)NC1=O. The van der Waals surface area contributed by atoms with Crippen molar-refractivity contribution in [2.45, 2.75) is 83.2 Å². The largest absolute Gasteiger partial charge is 0.356 e. The Labute approximate surface area is 208 Å².